The first-order valence-corrected chi connectivity index (χ1v) is 14.4. The molecule has 226 valence electrons. The van der Waals surface area contributed by atoms with Gasteiger partial charge in [0.2, 0.25) is 0 Å². The van der Waals surface area contributed by atoms with Gasteiger partial charge in [-0.2, -0.15) is 5.26 Å². The van der Waals surface area contributed by atoms with E-state index in [0.717, 1.165) is 22.4 Å². The van der Waals surface area contributed by atoms with Crippen molar-refractivity contribution in [2.24, 2.45) is 0 Å². The molecule has 1 aromatic heterocycles. The van der Waals surface area contributed by atoms with E-state index in [1.807, 2.05) is 49.1 Å². The molecule has 3 atom stereocenters. The average molecular weight is 581 g/mol. The number of benzene rings is 1. The molecule has 2 aliphatic heterocycles. The third-order valence-corrected chi connectivity index (χ3v) is 7.86. The number of esters is 1. The number of hydrogen-bond acceptors (Lipinski definition) is 10. The summed E-state index contributed by atoms with van der Waals surface area (Å²) < 4.78 is 27.6. The fourth-order valence-electron chi connectivity index (χ4n) is 5.24. The van der Waals surface area contributed by atoms with E-state index in [9.17, 15) is 14.9 Å². The van der Waals surface area contributed by atoms with Gasteiger partial charge >= 0.3 is 12.1 Å². The highest BCUT2D eigenvalue weighted by Crippen LogP contribution is 2.35. The maximum Gasteiger partial charge on any atom is 0.410 e. The van der Waals surface area contributed by atoms with Gasteiger partial charge in [-0.1, -0.05) is 44.2 Å². The molecule has 0 aliphatic carbocycles. The van der Waals surface area contributed by atoms with E-state index in [1.165, 1.54) is 4.90 Å². The van der Waals surface area contributed by atoms with Gasteiger partial charge in [0.15, 0.2) is 6.04 Å². The molecule has 2 aromatic rings. The van der Waals surface area contributed by atoms with Crippen LogP contribution in [-0.2, 0) is 41.5 Å². The van der Waals surface area contributed by atoms with Crippen LogP contribution in [-0.4, -0.2) is 93.9 Å². The lowest BCUT2D eigenvalue weighted by Crippen LogP contribution is -2.59. The summed E-state index contributed by atoms with van der Waals surface area (Å²) in [7, 11) is 3.13. The molecule has 42 heavy (non-hydrogen) atoms. The van der Waals surface area contributed by atoms with Gasteiger partial charge in [-0.05, 0) is 24.8 Å². The predicted octanol–water partition coefficient (Wildman–Crippen LogP) is 3.71. The summed E-state index contributed by atoms with van der Waals surface area (Å²) in [6, 6.07) is 11.2. The van der Waals surface area contributed by atoms with Crippen LogP contribution in [0.3, 0.4) is 0 Å². The van der Waals surface area contributed by atoms with Gasteiger partial charge in [-0.3, -0.25) is 4.90 Å². The van der Waals surface area contributed by atoms with Gasteiger partial charge in [0.05, 0.1) is 43.2 Å². The van der Waals surface area contributed by atoms with Gasteiger partial charge in [-0.25, -0.2) is 14.6 Å². The summed E-state index contributed by atoms with van der Waals surface area (Å²) in [5.41, 5.74) is 3.94. The van der Waals surface area contributed by atoms with Crippen LogP contribution < -0.4 is 4.90 Å². The van der Waals surface area contributed by atoms with Crippen molar-refractivity contribution in [3.8, 4) is 17.3 Å². The Balaban J connectivity index is 1.67. The number of ether oxygens (including phenoxy) is 5. The molecule has 11 heteroatoms. The Morgan fingerprint density at radius 2 is 1.74 bits per heavy atom. The zero-order chi connectivity index (χ0) is 30.1. The number of rotatable bonds is 11. The second-order valence-corrected chi connectivity index (χ2v) is 10.3. The number of nitrogens with zero attached hydrogens (tertiary/aromatic N) is 4. The lowest BCUT2D eigenvalue weighted by molar-refractivity contribution is -0.153. The Labute approximate surface area is 247 Å². The summed E-state index contributed by atoms with van der Waals surface area (Å²) in [4.78, 5) is 35.0. The largest absolute Gasteiger partial charge is 0.461 e. The summed E-state index contributed by atoms with van der Waals surface area (Å²) in [5, 5.41) is 10.3. The Kier molecular flexibility index (Phi) is 11.1. The Morgan fingerprint density at radius 1 is 1.05 bits per heavy atom. The van der Waals surface area contributed by atoms with E-state index in [2.05, 4.69) is 6.07 Å². The third kappa shape index (κ3) is 7.01. The maximum atomic E-state index is 13.5. The van der Waals surface area contributed by atoms with Crippen molar-refractivity contribution in [1.29, 1.82) is 5.26 Å². The molecule has 0 N–H and O–H groups in total. The number of hydrogen-bond donors (Lipinski definition) is 0. The van der Waals surface area contributed by atoms with Crippen molar-refractivity contribution in [2.45, 2.75) is 58.0 Å². The van der Waals surface area contributed by atoms with Gasteiger partial charge in [0.25, 0.3) is 0 Å². The molecule has 1 saturated heterocycles. The number of methoxy groups -OCH3 is 2. The van der Waals surface area contributed by atoms with Crippen LogP contribution in [0.1, 0.15) is 43.4 Å². The second kappa shape index (κ2) is 15.0. The number of pyridine rings is 1. The molecular weight excluding hydrogens is 540 g/mol. The van der Waals surface area contributed by atoms with Crippen molar-refractivity contribution >= 4 is 17.9 Å². The summed E-state index contributed by atoms with van der Waals surface area (Å²) in [6.07, 6.45) is 0.799. The van der Waals surface area contributed by atoms with Crippen molar-refractivity contribution in [2.75, 3.05) is 58.6 Å². The molecule has 3 unspecified atom stereocenters. The summed E-state index contributed by atoms with van der Waals surface area (Å²) >= 11 is 0. The number of nitriles is 1. The quantitative estimate of drug-likeness (QED) is 0.363. The van der Waals surface area contributed by atoms with Crippen LogP contribution >= 0.6 is 0 Å². The topological polar surface area (TPSA) is 123 Å². The molecule has 1 fully saturated rings. The van der Waals surface area contributed by atoms with E-state index in [4.69, 9.17) is 28.7 Å². The van der Waals surface area contributed by atoms with E-state index >= 15 is 0 Å². The minimum absolute atomic E-state index is 0.0610. The van der Waals surface area contributed by atoms with Crippen molar-refractivity contribution in [3.05, 3.63) is 47.0 Å². The zero-order valence-corrected chi connectivity index (χ0v) is 24.8. The average Bonchev–Trinajstić information content (AvgIpc) is 3.04. The lowest BCUT2D eigenvalue weighted by atomic mass is 9.93. The van der Waals surface area contributed by atoms with Crippen LogP contribution in [0.25, 0.3) is 11.3 Å². The minimum Gasteiger partial charge on any atom is -0.461 e. The van der Waals surface area contributed by atoms with Crippen LogP contribution in [0.4, 0.5) is 10.6 Å². The lowest BCUT2D eigenvalue weighted by Gasteiger charge is -2.40. The standard InChI is InChI=1S/C31H40N4O7/c1-5-22(38-3)18-41-30(36)27-17-34(13-14-35(27)31(37)42-19-23(6-2)39-4)29-25(16-32)24-12-15-40-20-26(24)28(33-29)21-10-8-7-9-11-21/h7-11,22-23,27H,5-6,12-15,17-20H2,1-4H3. The Hall–Kier alpha value is -3.72. The third-order valence-electron chi connectivity index (χ3n) is 7.86. The Morgan fingerprint density at radius 3 is 2.38 bits per heavy atom. The van der Waals surface area contributed by atoms with Crippen molar-refractivity contribution in [1.82, 2.24) is 9.88 Å². The van der Waals surface area contributed by atoms with E-state index in [1.54, 1.807) is 14.2 Å². The molecule has 1 aromatic carbocycles. The number of amides is 1. The van der Waals surface area contributed by atoms with Crippen molar-refractivity contribution < 1.29 is 33.3 Å². The molecule has 2 aliphatic rings. The fourth-order valence-corrected chi connectivity index (χ4v) is 5.24. The number of carbonyl (C=O) groups excluding carboxylic acids is 2. The number of piperazine rings is 1. The highest BCUT2D eigenvalue weighted by atomic mass is 16.6. The van der Waals surface area contributed by atoms with Crippen LogP contribution in [0.15, 0.2) is 30.3 Å². The number of aromatic nitrogens is 1. The highest BCUT2D eigenvalue weighted by Gasteiger charge is 2.39. The van der Waals surface area contributed by atoms with Gasteiger partial charge in [0.1, 0.15) is 25.1 Å². The van der Waals surface area contributed by atoms with Crippen molar-refractivity contribution in [3.63, 3.8) is 0 Å². The first-order chi connectivity index (χ1) is 20.4. The molecule has 0 bridgehead atoms. The van der Waals surface area contributed by atoms with Crippen LogP contribution in [0.2, 0.25) is 0 Å². The highest BCUT2D eigenvalue weighted by molar-refractivity contribution is 5.83. The fraction of sp³-hybridized carbons (Fsp3) is 0.548. The molecule has 0 saturated carbocycles. The SMILES string of the molecule is CCC(COC(=O)C1CN(c2nc(-c3ccccc3)c3c(c2C#N)CCOC3)CCN1C(=O)OCC(CC)OC)OC. The molecule has 0 radical (unpaired) electrons. The summed E-state index contributed by atoms with van der Waals surface area (Å²) in [5.74, 6) is -0.0874. The smallest absolute Gasteiger partial charge is 0.410 e. The predicted molar refractivity (Wildman–Crippen MR) is 155 cm³/mol. The van der Waals surface area contributed by atoms with E-state index in [0.29, 0.717) is 50.4 Å². The summed E-state index contributed by atoms with van der Waals surface area (Å²) in [6.45, 7) is 5.50. The van der Waals surface area contributed by atoms with Crippen LogP contribution in [0.5, 0.6) is 0 Å². The molecular formula is C31H40N4O7. The zero-order valence-electron chi connectivity index (χ0n) is 24.8. The van der Waals surface area contributed by atoms with Gasteiger partial charge in [0, 0.05) is 38.4 Å². The maximum absolute atomic E-state index is 13.5. The molecule has 3 heterocycles. The minimum atomic E-state index is -0.976. The van der Waals surface area contributed by atoms with Gasteiger partial charge in [-0.15, -0.1) is 0 Å². The molecule has 4 rings (SSSR count). The van der Waals surface area contributed by atoms with E-state index < -0.39 is 18.1 Å². The number of anilines is 1. The first kappa shape index (κ1) is 31.2. The molecule has 0 spiro atoms. The first-order valence-electron chi connectivity index (χ1n) is 14.4. The number of carbonyl (C=O) groups is 2. The second-order valence-electron chi connectivity index (χ2n) is 10.3. The normalized spacial score (nSPS) is 18.0. The molecule has 1 amide bonds. The Bertz CT molecular complexity index is 1260. The van der Waals surface area contributed by atoms with Crippen LogP contribution in [0, 0.1) is 11.3 Å². The van der Waals surface area contributed by atoms with Gasteiger partial charge < -0.3 is 28.6 Å². The molecule has 11 nitrogen and oxygen atoms in total. The monoisotopic (exact) mass is 580 g/mol. The number of fused-ring (bicyclic) bond motifs is 1. The van der Waals surface area contributed by atoms with E-state index in [-0.39, 0.29) is 38.5 Å².